The fourth-order valence-corrected chi connectivity index (χ4v) is 13.4. The van der Waals surface area contributed by atoms with E-state index < -0.39 is 16.5 Å². The summed E-state index contributed by atoms with van der Waals surface area (Å²) in [5.41, 5.74) is 4.02. The molecule has 0 aliphatic carbocycles. The van der Waals surface area contributed by atoms with Crippen LogP contribution >= 0.6 is 0 Å². The highest BCUT2D eigenvalue weighted by Crippen LogP contribution is 2.37. The molecule has 2 aromatic rings. The summed E-state index contributed by atoms with van der Waals surface area (Å²) in [7, 11) is -3.13. The molecule has 1 aromatic heterocycles. The number of hydrogen-bond donors (Lipinski definition) is 1. The van der Waals surface area contributed by atoms with Gasteiger partial charge < -0.3 is 9.22 Å². The van der Waals surface area contributed by atoms with Crippen molar-refractivity contribution in [2.75, 3.05) is 4.23 Å². The van der Waals surface area contributed by atoms with Gasteiger partial charge in [-0.3, -0.25) is 0 Å². The summed E-state index contributed by atoms with van der Waals surface area (Å²) in [4.78, 5) is 3.45. The predicted octanol–water partition coefficient (Wildman–Crippen LogP) is 5.34. The Hall–Kier alpha value is -1.78. The van der Waals surface area contributed by atoms with Crippen molar-refractivity contribution in [1.29, 1.82) is 5.26 Å². The molecule has 0 unspecified atom stereocenters. The monoisotopic (exact) mass is 341 g/mol. The number of rotatable bonds is 4. The number of nitrogens with zero attached hydrogens (tertiary/aromatic N) is 2. The van der Waals surface area contributed by atoms with Crippen molar-refractivity contribution >= 4 is 22.3 Å². The molecular formula is C18H27N3Si2. The quantitative estimate of drug-likeness (QED) is 0.763. The van der Waals surface area contributed by atoms with Gasteiger partial charge in [0.05, 0.1) is 5.82 Å². The van der Waals surface area contributed by atoms with Crippen LogP contribution in [0.15, 0.2) is 30.3 Å². The first-order valence-corrected chi connectivity index (χ1v) is 14.9. The van der Waals surface area contributed by atoms with Gasteiger partial charge in [0, 0.05) is 5.56 Å². The Morgan fingerprint density at radius 2 is 1.48 bits per heavy atom. The second-order valence-corrected chi connectivity index (χ2v) is 18.0. The van der Waals surface area contributed by atoms with Crippen LogP contribution in [-0.4, -0.2) is 21.5 Å². The molecular weight excluding hydrogens is 314 g/mol. The topological polar surface area (TPSA) is 42.8 Å². The largest absolute Gasteiger partial charge is 0.411 e. The molecule has 0 saturated heterocycles. The van der Waals surface area contributed by atoms with Gasteiger partial charge in [0.1, 0.15) is 28.2 Å². The molecule has 5 heteroatoms. The predicted molar refractivity (Wildman–Crippen MR) is 105 cm³/mol. The second-order valence-electron chi connectivity index (χ2n) is 8.00. The van der Waals surface area contributed by atoms with Gasteiger partial charge >= 0.3 is 0 Å². The third-order valence-electron chi connectivity index (χ3n) is 3.96. The van der Waals surface area contributed by atoms with Gasteiger partial charge in [0.2, 0.25) is 0 Å². The Balaban J connectivity index is 2.71. The number of anilines is 1. The molecule has 3 nitrogen and oxygen atoms in total. The molecule has 2 rings (SSSR count). The molecule has 122 valence electrons. The van der Waals surface area contributed by atoms with Gasteiger partial charge in [-0.2, -0.15) is 5.26 Å². The zero-order valence-corrected chi connectivity index (χ0v) is 17.3. The van der Waals surface area contributed by atoms with Gasteiger partial charge in [-0.05, 0) is 18.1 Å². The lowest BCUT2D eigenvalue weighted by Crippen LogP contribution is -2.60. The first kappa shape index (κ1) is 17.6. The molecule has 1 heterocycles. The molecule has 0 amide bonds. The number of nitriles is 1. The Bertz CT molecular complexity index is 715. The number of aromatic nitrogens is 1. The van der Waals surface area contributed by atoms with E-state index in [1.165, 1.54) is 5.56 Å². The van der Waals surface area contributed by atoms with Crippen LogP contribution < -0.4 is 4.23 Å². The third kappa shape index (κ3) is 3.43. The number of nitrogens with one attached hydrogen (secondary N) is 1. The minimum absolute atomic E-state index is 0.671. The summed E-state index contributed by atoms with van der Waals surface area (Å²) in [6.07, 6.45) is 0. The first-order valence-electron chi connectivity index (χ1n) is 8.06. The number of benzene rings is 1. The summed E-state index contributed by atoms with van der Waals surface area (Å²) in [6, 6.07) is 12.6. The summed E-state index contributed by atoms with van der Waals surface area (Å²) < 4.78 is 2.64. The van der Waals surface area contributed by atoms with Gasteiger partial charge in [-0.25, -0.2) is 0 Å². The number of H-pyrrole nitrogens is 1. The lowest BCUT2D eigenvalue weighted by atomic mass is 10.0. The molecule has 1 N–H and O–H groups in total. The average Bonchev–Trinajstić information content (AvgIpc) is 2.73. The maximum absolute atomic E-state index is 9.63. The molecule has 0 bridgehead atoms. The second kappa shape index (κ2) is 6.02. The first-order chi connectivity index (χ1) is 10.6. The summed E-state index contributed by atoms with van der Waals surface area (Å²) >= 11 is 0. The highest BCUT2D eigenvalue weighted by atomic mass is 28.4. The highest BCUT2D eigenvalue weighted by Gasteiger charge is 2.37. The fraction of sp³-hybridized carbons (Fsp3) is 0.389. The Kier molecular flexibility index (Phi) is 4.60. The minimum Gasteiger partial charge on any atom is -0.411 e. The van der Waals surface area contributed by atoms with E-state index in [4.69, 9.17) is 0 Å². The summed E-state index contributed by atoms with van der Waals surface area (Å²) in [6.45, 7) is 16.4. The van der Waals surface area contributed by atoms with E-state index in [9.17, 15) is 5.26 Å². The van der Waals surface area contributed by atoms with Gasteiger partial charge in [-0.1, -0.05) is 69.6 Å². The molecule has 0 spiro atoms. The zero-order valence-electron chi connectivity index (χ0n) is 15.3. The van der Waals surface area contributed by atoms with Crippen molar-refractivity contribution in [1.82, 2.24) is 4.98 Å². The van der Waals surface area contributed by atoms with Crippen molar-refractivity contribution in [3.8, 4) is 17.2 Å². The number of aromatic amines is 1. The maximum atomic E-state index is 9.63. The highest BCUT2D eigenvalue weighted by molar-refractivity contribution is 6.99. The van der Waals surface area contributed by atoms with E-state index in [0.29, 0.717) is 5.69 Å². The minimum atomic E-state index is -1.56. The Labute approximate surface area is 142 Å². The van der Waals surface area contributed by atoms with Crippen molar-refractivity contribution in [2.45, 2.75) is 46.2 Å². The van der Waals surface area contributed by atoms with E-state index in [0.717, 1.165) is 16.9 Å². The van der Waals surface area contributed by atoms with Crippen molar-refractivity contribution in [3.63, 3.8) is 0 Å². The summed E-state index contributed by atoms with van der Waals surface area (Å²) in [5.74, 6) is 1.15. The lowest BCUT2D eigenvalue weighted by Gasteiger charge is -2.45. The van der Waals surface area contributed by atoms with Crippen LogP contribution in [0.5, 0.6) is 0 Å². The van der Waals surface area contributed by atoms with Crippen LogP contribution in [-0.2, 0) is 0 Å². The normalized spacial score (nSPS) is 12.1. The fourth-order valence-electron chi connectivity index (χ4n) is 3.53. The molecule has 0 atom stereocenters. The summed E-state index contributed by atoms with van der Waals surface area (Å²) in [5, 5.41) is 9.63. The molecule has 0 radical (unpaired) electrons. The standard InChI is InChI=1S/C18H27N3Si2/c1-14-17(15-11-9-8-10-12-15)16(13-19)20-18(14)21(22(2,3)4)23(5,6)7/h8-12,20H,1-7H3. The van der Waals surface area contributed by atoms with Crippen molar-refractivity contribution in [2.24, 2.45) is 0 Å². The lowest BCUT2D eigenvalue weighted by molar-refractivity contribution is 1.23. The van der Waals surface area contributed by atoms with E-state index >= 15 is 0 Å². The Morgan fingerprint density at radius 3 is 1.91 bits per heavy atom. The van der Waals surface area contributed by atoms with Gasteiger partial charge in [-0.15, -0.1) is 0 Å². The van der Waals surface area contributed by atoms with Crippen LogP contribution in [0.25, 0.3) is 11.1 Å². The van der Waals surface area contributed by atoms with E-state index in [-0.39, 0.29) is 0 Å². The van der Waals surface area contributed by atoms with Crippen molar-refractivity contribution < 1.29 is 0 Å². The van der Waals surface area contributed by atoms with Gasteiger partial charge in [0.25, 0.3) is 0 Å². The van der Waals surface area contributed by atoms with Crippen LogP contribution in [0.2, 0.25) is 39.3 Å². The molecule has 0 aliphatic rings. The van der Waals surface area contributed by atoms with Gasteiger partial charge in [0.15, 0.2) is 0 Å². The number of hydrogen-bond acceptors (Lipinski definition) is 2. The van der Waals surface area contributed by atoms with Crippen molar-refractivity contribution in [3.05, 3.63) is 41.6 Å². The third-order valence-corrected chi connectivity index (χ3v) is 11.1. The van der Waals surface area contributed by atoms with E-state index in [1.807, 2.05) is 18.2 Å². The maximum Gasteiger partial charge on any atom is 0.139 e. The van der Waals surface area contributed by atoms with Crippen LogP contribution in [0.3, 0.4) is 0 Å². The molecule has 0 aliphatic heterocycles. The smallest absolute Gasteiger partial charge is 0.139 e. The zero-order chi connectivity index (χ0) is 17.4. The molecule has 0 fully saturated rings. The van der Waals surface area contributed by atoms with E-state index in [1.54, 1.807) is 0 Å². The molecule has 1 aromatic carbocycles. The Morgan fingerprint density at radius 1 is 0.957 bits per heavy atom. The van der Waals surface area contributed by atoms with Crippen LogP contribution in [0.4, 0.5) is 5.82 Å². The average molecular weight is 342 g/mol. The van der Waals surface area contributed by atoms with Crippen LogP contribution in [0.1, 0.15) is 11.3 Å². The molecule has 0 saturated carbocycles. The van der Waals surface area contributed by atoms with Crippen LogP contribution in [0, 0.1) is 18.3 Å². The van der Waals surface area contributed by atoms with E-state index in [2.05, 4.69) is 73.6 Å². The molecule has 23 heavy (non-hydrogen) atoms. The SMILES string of the molecule is Cc1c(N([Si](C)(C)C)[Si](C)(C)C)[nH]c(C#N)c1-c1ccccc1.